The van der Waals surface area contributed by atoms with Gasteiger partial charge in [0, 0.05) is 11.0 Å². The lowest BCUT2D eigenvalue weighted by atomic mass is 9.70. The zero-order valence-corrected chi connectivity index (χ0v) is 17.2. The number of carbonyl (C=O) groups excluding carboxylic acids is 1. The maximum atomic E-state index is 12.5. The van der Waals surface area contributed by atoms with E-state index in [9.17, 15) is 4.79 Å². The quantitative estimate of drug-likeness (QED) is 0.564. The highest BCUT2D eigenvalue weighted by Gasteiger charge is 2.62. The molecule has 2 atom stereocenters. The fourth-order valence-corrected chi connectivity index (χ4v) is 5.46. The lowest BCUT2D eigenvalue weighted by Crippen LogP contribution is -2.33. The zero-order chi connectivity index (χ0) is 20.2. The number of para-hydroxylation sites is 1. The van der Waals surface area contributed by atoms with Gasteiger partial charge >= 0.3 is 5.97 Å². The summed E-state index contributed by atoms with van der Waals surface area (Å²) in [5, 5.41) is 4.96. The summed E-state index contributed by atoms with van der Waals surface area (Å²) in [6.45, 7) is 7.33. The van der Waals surface area contributed by atoms with E-state index in [1.165, 1.54) is 17.7 Å². The molecule has 0 radical (unpaired) electrons. The minimum absolute atomic E-state index is 0.0670. The first-order valence-electron chi connectivity index (χ1n) is 10.3. The maximum Gasteiger partial charge on any atom is 0.338 e. The Balaban J connectivity index is 1.56. The van der Waals surface area contributed by atoms with Gasteiger partial charge in [0.2, 0.25) is 0 Å². The third kappa shape index (κ3) is 2.51. The van der Waals surface area contributed by atoms with Crippen molar-refractivity contribution in [3.8, 4) is 5.69 Å². The molecule has 0 amide bonds. The minimum Gasteiger partial charge on any atom is -0.455 e. The molecule has 2 aliphatic rings. The number of ether oxygens (including phenoxy) is 1. The Morgan fingerprint density at radius 3 is 2.41 bits per heavy atom. The van der Waals surface area contributed by atoms with Gasteiger partial charge in [-0.3, -0.25) is 0 Å². The molecule has 29 heavy (non-hydrogen) atoms. The van der Waals surface area contributed by atoms with Crippen molar-refractivity contribution in [2.75, 3.05) is 0 Å². The summed E-state index contributed by atoms with van der Waals surface area (Å²) in [5.74, 6) is 0.146. The molecule has 4 heteroatoms. The second-order valence-corrected chi connectivity index (χ2v) is 9.04. The van der Waals surface area contributed by atoms with Crippen molar-refractivity contribution in [1.29, 1.82) is 0 Å². The summed E-state index contributed by atoms with van der Waals surface area (Å²) in [6.07, 6.45) is 2.33. The van der Waals surface area contributed by atoms with E-state index >= 15 is 0 Å². The minimum atomic E-state index is -0.303. The van der Waals surface area contributed by atoms with E-state index in [2.05, 4.69) is 37.6 Å². The number of benzene rings is 2. The van der Waals surface area contributed by atoms with Crippen molar-refractivity contribution in [2.45, 2.75) is 51.6 Å². The van der Waals surface area contributed by atoms with Crippen molar-refractivity contribution in [2.24, 2.45) is 5.41 Å². The predicted molar refractivity (Wildman–Crippen MR) is 112 cm³/mol. The summed E-state index contributed by atoms with van der Waals surface area (Å²) in [5.41, 5.74) is 5.36. The highest BCUT2D eigenvalue weighted by molar-refractivity contribution is 5.89. The van der Waals surface area contributed by atoms with Crippen LogP contribution in [0.3, 0.4) is 0 Å². The van der Waals surface area contributed by atoms with Crippen LogP contribution in [0.4, 0.5) is 0 Å². The summed E-state index contributed by atoms with van der Waals surface area (Å²) in [7, 11) is 0. The van der Waals surface area contributed by atoms with Crippen molar-refractivity contribution in [3.63, 3.8) is 0 Å². The fourth-order valence-electron chi connectivity index (χ4n) is 5.46. The second kappa shape index (κ2) is 6.31. The first kappa shape index (κ1) is 18.2. The molecule has 2 bridgehead atoms. The van der Waals surface area contributed by atoms with Crippen molar-refractivity contribution in [1.82, 2.24) is 9.78 Å². The largest absolute Gasteiger partial charge is 0.455 e. The molecule has 0 N–H and O–H groups in total. The molecule has 3 aromatic rings. The molecule has 5 rings (SSSR count). The van der Waals surface area contributed by atoms with Gasteiger partial charge < -0.3 is 4.74 Å². The van der Waals surface area contributed by atoms with Crippen LogP contribution >= 0.6 is 0 Å². The van der Waals surface area contributed by atoms with Crippen molar-refractivity contribution >= 4 is 5.97 Å². The van der Waals surface area contributed by atoms with Crippen LogP contribution < -0.4 is 0 Å². The van der Waals surface area contributed by atoms with Crippen LogP contribution in [-0.2, 0) is 16.8 Å². The molecule has 0 aliphatic heterocycles. The summed E-state index contributed by atoms with van der Waals surface area (Å²) in [6, 6.07) is 19.4. The molecule has 148 valence electrons. The predicted octanol–water partition coefficient (Wildman–Crippen LogP) is 5.40. The van der Waals surface area contributed by atoms with E-state index in [4.69, 9.17) is 9.84 Å². The molecule has 4 nitrogen and oxygen atoms in total. The van der Waals surface area contributed by atoms with Gasteiger partial charge in [0.25, 0.3) is 0 Å². The van der Waals surface area contributed by atoms with Gasteiger partial charge in [-0.25, -0.2) is 9.48 Å². The molecule has 1 fully saturated rings. The third-order valence-corrected chi connectivity index (χ3v) is 7.45. The van der Waals surface area contributed by atoms with Crippen molar-refractivity contribution < 1.29 is 9.53 Å². The van der Waals surface area contributed by atoms with Crippen LogP contribution in [0.25, 0.3) is 5.69 Å². The average molecular weight is 386 g/mol. The number of nitrogens with zero attached hydrogens (tertiary/aromatic N) is 2. The van der Waals surface area contributed by atoms with Crippen LogP contribution in [-0.4, -0.2) is 15.7 Å². The molecule has 1 aromatic heterocycles. The Hall–Kier alpha value is -2.88. The number of rotatable bonds is 4. The average Bonchev–Trinajstić information content (AvgIpc) is 3.29. The second-order valence-electron chi connectivity index (χ2n) is 9.04. The Bertz CT molecular complexity index is 1070. The number of carbonyl (C=O) groups is 1. The third-order valence-electron chi connectivity index (χ3n) is 7.45. The normalized spacial score (nSPS) is 23.8. The topological polar surface area (TPSA) is 44.1 Å². The van der Waals surface area contributed by atoms with Crippen LogP contribution in [0.1, 0.15) is 66.8 Å². The highest BCUT2D eigenvalue weighted by atomic mass is 16.5. The van der Waals surface area contributed by atoms with E-state index < -0.39 is 0 Å². The SMILES string of the molecule is CC1(C)[C@H]2CC[C@]1(C)c1c2c(COC(=O)c2ccccc2)nn1-c1ccccc1. The first-order chi connectivity index (χ1) is 13.9. The molecular formula is C25H26N2O2. The molecule has 0 saturated heterocycles. The Kier molecular flexibility index (Phi) is 3.95. The number of hydrogen-bond donors (Lipinski definition) is 0. The van der Waals surface area contributed by atoms with E-state index in [-0.39, 0.29) is 23.4 Å². The number of aromatic nitrogens is 2. The van der Waals surface area contributed by atoms with Gasteiger partial charge in [-0.05, 0) is 48.4 Å². The Morgan fingerprint density at radius 2 is 1.72 bits per heavy atom. The first-order valence-corrected chi connectivity index (χ1v) is 10.3. The monoisotopic (exact) mass is 386 g/mol. The number of esters is 1. The number of fused-ring (bicyclic) bond motifs is 5. The molecule has 2 aromatic carbocycles. The smallest absolute Gasteiger partial charge is 0.338 e. The molecular weight excluding hydrogens is 360 g/mol. The van der Waals surface area contributed by atoms with Crippen LogP contribution in [0.15, 0.2) is 60.7 Å². The molecule has 1 saturated carbocycles. The Labute approximate surface area is 171 Å². The fraction of sp³-hybridized carbons (Fsp3) is 0.360. The van der Waals surface area contributed by atoms with Gasteiger partial charge in [-0.1, -0.05) is 57.2 Å². The van der Waals surface area contributed by atoms with Crippen LogP contribution in [0.2, 0.25) is 0 Å². The maximum absolute atomic E-state index is 12.5. The van der Waals surface area contributed by atoms with E-state index in [1.807, 2.05) is 36.4 Å². The summed E-state index contributed by atoms with van der Waals surface area (Å²) >= 11 is 0. The standard InChI is InChI=1S/C25H26N2O2/c1-24(2)19-14-15-25(24,3)22-21(19)20(26-27(22)18-12-8-5-9-13-18)16-29-23(28)17-10-6-4-7-11-17/h4-13,19H,14-16H2,1-3H3/t19-,25+/m0/s1. The van der Waals surface area contributed by atoms with E-state index in [0.717, 1.165) is 17.8 Å². The van der Waals surface area contributed by atoms with Crippen molar-refractivity contribution in [3.05, 3.63) is 83.2 Å². The Morgan fingerprint density at radius 1 is 1.07 bits per heavy atom. The van der Waals surface area contributed by atoms with Gasteiger partial charge in [-0.2, -0.15) is 5.10 Å². The van der Waals surface area contributed by atoms with Gasteiger partial charge in [0.1, 0.15) is 12.3 Å². The zero-order valence-electron chi connectivity index (χ0n) is 17.2. The van der Waals surface area contributed by atoms with E-state index in [0.29, 0.717) is 11.5 Å². The highest BCUT2D eigenvalue weighted by Crippen LogP contribution is 2.68. The van der Waals surface area contributed by atoms with Gasteiger partial charge in [0.05, 0.1) is 16.9 Å². The van der Waals surface area contributed by atoms with E-state index in [1.54, 1.807) is 12.1 Å². The van der Waals surface area contributed by atoms with Crippen LogP contribution in [0.5, 0.6) is 0 Å². The molecule has 0 unspecified atom stereocenters. The molecule has 2 aliphatic carbocycles. The molecule has 0 spiro atoms. The van der Waals surface area contributed by atoms with Gasteiger partial charge in [0.15, 0.2) is 0 Å². The lowest BCUT2D eigenvalue weighted by molar-refractivity contribution is 0.0465. The summed E-state index contributed by atoms with van der Waals surface area (Å²) < 4.78 is 7.78. The molecule has 1 heterocycles. The number of hydrogen-bond acceptors (Lipinski definition) is 3. The van der Waals surface area contributed by atoms with Gasteiger partial charge in [-0.15, -0.1) is 0 Å². The summed E-state index contributed by atoms with van der Waals surface area (Å²) in [4.78, 5) is 12.5. The lowest BCUT2D eigenvalue weighted by Gasteiger charge is -2.35. The van der Waals surface area contributed by atoms with Crippen LogP contribution in [0, 0.1) is 5.41 Å².